The fraction of sp³-hybridized carbons (Fsp3) is 0.750. The first-order valence-corrected chi connectivity index (χ1v) is 9.98. The molecule has 8 nitrogen and oxygen atoms in total. The maximum atomic E-state index is 12.5. The number of thiocarbonyl (C=S) groups is 1. The van der Waals surface area contributed by atoms with Gasteiger partial charge in [-0.05, 0) is 6.26 Å². The predicted molar refractivity (Wildman–Crippen MR) is 90.1 cm³/mol. The van der Waals surface area contributed by atoms with Crippen LogP contribution in [-0.2, 0) is 24.8 Å². The minimum atomic E-state index is -5.42. The van der Waals surface area contributed by atoms with Crippen molar-refractivity contribution in [3.63, 3.8) is 0 Å². The lowest BCUT2D eigenvalue weighted by Crippen LogP contribution is -2.46. The number of rotatable bonds is 2. The molecule has 0 aliphatic carbocycles. The Bertz CT molecular complexity index is 574. The molecule has 0 spiro atoms. The Morgan fingerprint density at radius 1 is 1.21 bits per heavy atom. The summed E-state index contributed by atoms with van der Waals surface area (Å²) in [6, 6.07) is 0. The molecular formula is C12H19FN2O6S3. The number of carbonyl (C=O) groups excluding carboxylic acids is 1. The second kappa shape index (κ2) is 10.4. The maximum absolute atomic E-state index is 12.5. The molecule has 2 heterocycles. The molecule has 0 unspecified atom stereocenters. The Morgan fingerprint density at radius 3 is 2.12 bits per heavy atom. The Kier molecular flexibility index (Phi) is 9.23. The van der Waals surface area contributed by atoms with E-state index in [-0.39, 0.29) is 5.78 Å². The number of ether oxygens (including phenoxy) is 2. The van der Waals surface area contributed by atoms with E-state index in [0.717, 1.165) is 18.1 Å². The number of hydrogen-bond acceptors (Lipinski definition) is 8. The lowest BCUT2D eigenvalue weighted by molar-refractivity contribution is -0.545. The van der Waals surface area contributed by atoms with Crippen molar-refractivity contribution < 1.29 is 35.7 Å². The summed E-state index contributed by atoms with van der Waals surface area (Å²) < 4.78 is 48.0. The first kappa shape index (κ1) is 21.4. The molecule has 24 heavy (non-hydrogen) atoms. The Hall–Kier alpha value is -0.660. The van der Waals surface area contributed by atoms with Gasteiger partial charge in [0.05, 0.1) is 13.2 Å². The van der Waals surface area contributed by atoms with Gasteiger partial charge in [-0.1, -0.05) is 24.0 Å². The first-order chi connectivity index (χ1) is 11.2. The zero-order chi connectivity index (χ0) is 18.2. The maximum Gasteiger partial charge on any atom is 0.290 e. The van der Waals surface area contributed by atoms with E-state index >= 15 is 0 Å². The highest BCUT2D eigenvalue weighted by atomic mass is 32.3. The second-order valence-electron chi connectivity index (χ2n) is 4.74. The molecule has 2 rings (SSSR count). The summed E-state index contributed by atoms with van der Waals surface area (Å²) in [6.45, 7) is 5.54. The molecule has 0 bridgehead atoms. The number of carbonyl (C=O) groups is 1. The van der Waals surface area contributed by atoms with Crippen LogP contribution in [0.1, 0.15) is 0 Å². The third kappa shape index (κ3) is 7.94. The van der Waals surface area contributed by atoms with Gasteiger partial charge in [0.15, 0.2) is 18.1 Å². The van der Waals surface area contributed by atoms with Crippen LogP contribution in [0.15, 0.2) is 0 Å². The fourth-order valence-electron chi connectivity index (χ4n) is 2.13. The molecule has 2 saturated heterocycles. The van der Waals surface area contributed by atoms with Gasteiger partial charge in [-0.2, -0.15) is 0 Å². The van der Waals surface area contributed by atoms with Crippen LogP contribution in [0.3, 0.4) is 0 Å². The molecule has 2 aliphatic heterocycles. The van der Waals surface area contributed by atoms with Gasteiger partial charge in [0.25, 0.3) is 21.3 Å². The topological polar surface area (TPSA) is 99.0 Å². The largest absolute Gasteiger partial charge is 0.722 e. The number of thioether (sulfide) groups is 1. The van der Waals surface area contributed by atoms with E-state index in [0.29, 0.717) is 44.5 Å². The van der Waals surface area contributed by atoms with Gasteiger partial charge in [-0.25, -0.2) is 13.0 Å². The van der Waals surface area contributed by atoms with E-state index in [4.69, 9.17) is 34.7 Å². The van der Waals surface area contributed by atoms with Gasteiger partial charge in [0.1, 0.15) is 13.2 Å². The predicted octanol–water partition coefficient (Wildman–Crippen LogP) is -0.565. The van der Waals surface area contributed by atoms with Crippen molar-refractivity contribution in [1.29, 1.82) is 0 Å². The second-order valence-corrected chi connectivity index (χ2v) is 6.70. The Morgan fingerprint density at radius 2 is 1.67 bits per heavy atom. The molecule has 0 aromatic heterocycles. The highest BCUT2D eigenvalue weighted by Crippen LogP contribution is 2.08. The number of morpholine rings is 2. The molecule has 2 aliphatic rings. The standard InChI is InChI=1S/C12H19N2O3S2.FHO3S/c1-19-12(14-4-8-17-9-5-14)10(15)11(18)13-2-6-16-7-3-13;1-5(2,3)4/h2-9H2,1H3;(H,2,3,4)/q+1;/p-1. The SMILES string of the molecule is CSC(C(=O)C(=S)N1CCOCC1)=[N+]1CCOCC1.O=S(=O)([O-])F. The van der Waals surface area contributed by atoms with Crippen molar-refractivity contribution in [3.05, 3.63) is 0 Å². The smallest absolute Gasteiger partial charge is 0.290 e. The highest BCUT2D eigenvalue weighted by molar-refractivity contribution is 8.15. The van der Waals surface area contributed by atoms with Crippen molar-refractivity contribution in [1.82, 2.24) is 4.90 Å². The van der Waals surface area contributed by atoms with Crippen LogP contribution in [0.4, 0.5) is 3.89 Å². The van der Waals surface area contributed by atoms with Gasteiger partial charge in [-0.3, -0.25) is 4.79 Å². The normalized spacial score (nSPS) is 18.5. The van der Waals surface area contributed by atoms with E-state index in [2.05, 4.69) is 4.58 Å². The average molecular weight is 402 g/mol. The lowest BCUT2D eigenvalue weighted by atomic mass is 10.3. The average Bonchev–Trinajstić information content (AvgIpc) is 2.55. The van der Waals surface area contributed by atoms with Gasteiger partial charge >= 0.3 is 0 Å². The molecule has 0 saturated carbocycles. The number of hydrogen-bond donors (Lipinski definition) is 0. The summed E-state index contributed by atoms with van der Waals surface area (Å²) in [5, 5.41) is 0.736. The molecule has 0 atom stereocenters. The van der Waals surface area contributed by atoms with Crippen LogP contribution in [0.25, 0.3) is 0 Å². The molecule has 0 amide bonds. The summed E-state index contributed by atoms with van der Waals surface area (Å²) >= 11 is 6.81. The van der Waals surface area contributed by atoms with Crippen LogP contribution in [-0.4, -0.2) is 97.1 Å². The third-order valence-electron chi connectivity index (χ3n) is 3.18. The van der Waals surface area contributed by atoms with Crippen molar-refractivity contribution in [2.75, 3.05) is 58.9 Å². The first-order valence-electron chi connectivity index (χ1n) is 7.04. The monoisotopic (exact) mass is 402 g/mol. The van der Waals surface area contributed by atoms with Crippen molar-refractivity contribution >= 4 is 50.3 Å². The van der Waals surface area contributed by atoms with Gasteiger partial charge in [-0.15, -0.1) is 3.89 Å². The summed E-state index contributed by atoms with van der Waals surface area (Å²) in [4.78, 5) is 14.9. The molecule has 138 valence electrons. The molecular weight excluding hydrogens is 383 g/mol. The third-order valence-corrected chi connectivity index (χ3v) is 4.45. The number of Topliss-reactive ketones (excluding diaryl/α,β-unsaturated/α-hetero) is 1. The van der Waals surface area contributed by atoms with Crippen LogP contribution in [0.5, 0.6) is 0 Å². The molecule has 12 heteroatoms. The van der Waals surface area contributed by atoms with Gasteiger partial charge in [0.2, 0.25) is 0 Å². The summed E-state index contributed by atoms with van der Waals surface area (Å²) in [5.74, 6) is -0.0358. The van der Waals surface area contributed by atoms with Crippen molar-refractivity contribution in [2.45, 2.75) is 0 Å². The summed E-state index contributed by atoms with van der Waals surface area (Å²) in [5.41, 5.74) is 0. The molecule has 2 fully saturated rings. The minimum absolute atomic E-state index is 0.0358. The molecule has 0 radical (unpaired) electrons. The van der Waals surface area contributed by atoms with Crippen molar-refractivity contribution in [2.24, 2.45) is 0 Å². The lowest BCUT2D eigenvalue weighted by Gasteiger charge is -2.28. The van der Waals surface area contributed by atoms with E-state index in [9.17, 15) is 8.68 Å². The number of halogens is 1. The van der Waals surface area contributed by atoms with E-state index in [1.165, 1.54) is 11.8 Å². The summed E-state index contributed by atoms with van der Waals surface area (Å²) in [6.07, 6.45) is 1.92. The van der Waals surface area contributed by atoms with Crippen LogP contribution >= 0.6 is 24.0 Å². The fourth-order valence-corrected chi connectivity index (χ4v) is 3.20. The van der Waals surface area contributed by atoms with Crippen LogP contribution in [0, 0.1) is 0 Å². The number of nitrogens with zero attached hydrogens (tertiary/aromatic N) is 2. The minimum Gasteiger partial charge on any atom is -0.722 e. The van der Waals surface area contributed by atoms with E-state index in [1.807, 2.05) is 11.2 Å². The van der Waals surface area contributed by atoms with E-state index < -0.39 is 10.5 Å². The zero-order valence-electron chi connectivity index (χ0n) is 13.1. The number of ketones is 1. The quantitative estimate of drug-likeness (QED) is 0.198. The summed E-state index contributed by atoms with van der Waals surface area (Å²) in [7, 11) is -5.42. The van der Waals surface area contributed by atoms with E-state index in [1.54, 1.807) is 0 Å². The molecule has 0 N–H and O–H groups in total. The Labute approximate surface area is 150 Å². The highest BCUT2D eigenvalue weighted by Gasteiger charge is 2.30. The van der Waals surface area contributed by atoms with Crippen LogP contribution < -0.4 is 0 Å². The van der Waals surface area contributed by atoms with Crippen molar-refractivity contribution in [3.8, 4) is 0 Å². The zero-order valence-corrected chi connectivity index (χ0v) is 15.6. The van der Waals surface area contributed by atoms with Crippen LogP contribution in [0.2, 0.25) is 0 Å². The van der Waals surface area contributed by atoms with Gasteiger partial charge < -0.3 is 18.9 Å². The Balaban J connectivity index is 0.000000505. The van der Waals surface area contributed by atoms with Gasteiger partial charge in [0, 0.05) is 13.1 Å². The molecule has 0 aromatic rings. The molecule has 0 aromatic carbocycles.